The first-order chi connectivity index (χ1) is 12.3. The van der Waals surface area contributed by atoms with E-state index in [-0.39, 0.29) is 11.7 Å². The number of carbonyl (C=O) groups excluding carboxylic acids is 2. The normalized spacial score (nSPS) is 16.7. The van der Waals surface area contributed by atoms with Crippen molar-refractivity contribution in [2.45, 2.75) is 19.9 Å². The molecule has 0 aliphatic carbocycles. The molecule has 2 aromatic rings. The van der Waals surface area contributed by atoms with E-state index < -0.39 is 12.1 Å². The van der Waals surface area contributed by atoms with Crippen molar-refractivity contribution >= 4 is 29.2 Å². The lowest BCUT2D eigenvalue weighted by molar-refractivity contribution is -0.113. The number of hydrogen-bond donors (Lipinski definition) is 4. The van der Waals surface area contributed by atoms with Gasteiger partial charge >= 0.3 is 6.03 Å². The Kier molecular flexibility index (Phi) is 4.86. The van der Waals surface area contributed by atoms with E-state index in [2.05, 4.69) is 16.0 Å². The van der Waals surface area contributed by atoms with Gasteiger partial charge in [-0.1, -0.05) is 29.8 Å². The summed E-state index contributed by atoms with van der Waals surface area (Å²) >= 11 is 6.11. The second kappa shape index (κ2) is 7.09. The van der Waals surface area contributed by atoms with Crippen LogP contribution in [0.2, 0.25) is 5.02 Å². The fraction of sp³-hybridized carbons (Fsp3) is 0.158. The Morgan fingerprint density at radius 3 is 2.50 bits per heavy atom. The van der Waals surface area contributed by atoms with Crippen molar-refractivity contribution in [3.05, 3.63) is 69.9 Å². The molecule has 1 aliphatic rings. The standard InChI is InChI=1S/C19H18ClN3O3/c1-10-3-6-13(9-15(10)20)22-18(25)16-11(2)21-19(26)23-17(16)12-4-7-14(24)8-5-12/h3-9,17,24H,1-2H3,(H,22,25)(H2,21,23,26)/t17-/m0/s1. The van der Waals surface area contributed by atoms with Crippen LogP contribution in [0.15, 0.2) is 53.7 Å². The summed E-state index contributed by atoms with van der Waals surface area (Å²) in [6.07, 6.45) is 0. The van der Waals surface area contributed by atoms with Crippen LogP contribution in [0.1, 0.15) is 24.1 Å². The molecule has 0 saturated heterocycles. The maximum absolute atomic E-state index is 12.9. The van der Waals surface area contributed by atoms with E-state index in [9.17, 15) is 14.7 Å². The lowest BCUT2D eigenvalue weighted by atomic mass is 9.94. The van der Waals surface area contributed by atoms with E-state index in [0.29, 0.717) is 27.5 Å². The Hall–Kier alpha value is -2.99. The Morgan fingerprint density at radius 2 is 1.85 bits per heavy atom. The smallest absolute Gasteiger partial charge is 0.319 e. The predicted octanol–water partition coefficient (Wildman–Crippen LogP) is 3.62. The number of allylic oxidation sites excluding steroid dienone is 1. The zero-order valence-electron chi connectivity index (χ0n) is 14.3. The molecule has 3 amide bonds. The second-order valence-electron chi connectivity index (χ2n) is 6.08. The maximum atomic E-state index is 12.9. The number of urea groups is 1. The van der Waals surface area contributed by atoms with E-state index in [1.165, 1.54) is 12.1 Å². The van der Waals surface area contributed by atoms with Crippen LogP contribution >= 0.6 is 11.6 Å². The van der Waals surface area contributed by atoms with Gasteiger partial charge in [0, 0.05) is 16.4 Å². The minimum Gasteiger partial charge on any atom is -0.508 e. The summed E-state index contributed by atoms with van der Waals surface area (Å²) in [6, 6.07) is 10.6. The third kappa shape index (κ3) is 3.65. The van der Waals surface area contributed by atoms with Gasteiger partial charge < -0.3 is 21.1 Å². The number of aromatic hydroxyl groups is 1. The number of rotatable bonds is 3. The first-order valence-corrected chi connectivity index (χ1v) is 8.37. The molecule has 2 aromatic carbocycles. The van der Waals surface area contributed by atoms with Gasteiger partial charge in [-0.2, -0.15) is 0 Å². The lowest BCUT2D eigenvalue weighted by Crippen LogP contribution is -2.45. The van der Waals surface area contributed by atoms with Gasteiger partial charge in [0.1, 0.15) is 5.75 Å². The van der Waals surface area contributed by atoms with Gasteiger partial charge in [-0.3, -0.25) is 4.79 Å². The van der Waals surface area contributed by atoms with E-state index in [4.69, 9.17) is 11.6 Å². The van der Waals surface area contributed by atoms with Gasteiger partial charge in [0.2, 0.25) is 0 Å². The number of hydrogen-bond acceptors (Lipinski definition) is 3. The quantitative estimate of drug-likeness (QED) is 0.664. The largest absolute Gasteiger partial charge is 0.508 e. The fourth-order valence-electron chi connectivity index (χ4n) is 2.78. The number of halogens is 1. The summed E-state index contributed by atoms with van der Waals surface area (Å²) in [5.74, 6) is -0.247. The Labute approximate surface area is 155 Å². The zero-order valence-corrected chi connectivity index (χ0v) is 15.0. The van der Waals surface area contributed by atoms with Crippen molar-refractivity contribution in [3.8, 4) is 5.75 Å². The fourth-order valence-corrected chi connectivity index (χ4v) is 2.96. The average molecular weight is 372 g/mol. The first-order valence-electron chi connectivity index (χ1n) is 8.00. The average Bonchev–Trinajstić information content (AvgIpc) is 2.58. The molecule has 0 aromatic heterocycles. The molecule has 0 bridgehead atoms. The number of phenolic OH excluding ortho intramolecular Hbond substituents is 1. The van der Waals surface area contributed by atoms with Crippen molar-refractivity contribution in [3.63, 3.8) is 0 Å². The molecule has 3 rings (SSSR count). The van der Waals surface area contributed by atoms with Crippen LogP contribution in [-0.4, -0.2) is 17.0 Å². The predicted molar refractivity (Wildman–Crippen MR) is 100 cm³/mol. The highest BCUT2D eigenvalue weighted by atomic mass is 35.5. The molecule has 6 nitrogen and oxygen atoms in total. The summed E-state index contributed by atoms with van der Waals surface area (Å²) in [5.41, 5.74) is 3.00. The number of phenols is 1. The van der Waals surface area contributed by atoms with Gasteiger partial charge in [0.25, 0.3) is 5.91 Å². The molecule has 0 spiro atoms. The number of anilines is 1. The summed E-state index contributed by atoms with van der Waals surface area (Å²) in [7, 11) is 0. The summed E-state index contributed by atoms with van der Waals surface area (Å²) in [6.45, 7) is 3.55. The van der Waals surface area contributed by atoms with Gasteiger partial charge in [-0.05, 0) is 49.2 Å². The van der Waals surface area contributed by atoms with E-state index >= 15 is 0 Å². The molecule has 4 N–H and O–H groups in total. The highest BCUT2D eigenvalue weighted by Crippen LogP contribution is 2.29. The Balaban J connectivity index is 1.93. The molecular formula is C19H18ClN3O3. The van der Waals surface area contributed by atoms with Crippen LogP contribution < -0.4 is 16.0 Å². The topological polar surface area (TPSA) is 90.5 Å². The molecule has 134 valence electrons. The lowest BCUT2D eigenvalue weighted by Gasteiger charge is -2.28. The summed E-state index contributed by atoms with van der Waals surface area (Å²) in [5, 5.41) is 18.2. The minimum absolute atomic E-state index is 0.106. The highest BCUT2D eigenvalue weighted by molar-refractivity contribution is 6.31. The first kappa shape index (κ1) is 17.8. The van der Waals surface area contributed by atoms with Crippen LogP contribution in [0.5, 0.6) is 5.75 Å². The van der Waals surface area contributed by atoms with Crippen LogP contribution in [0.4, 0.5) is 10.5 Å². The number of carbonyl (C=O) groups is 2. The van der Waals surface area contributed by atoms with Gasteiger partial charge in [0.05, 0.1) is 11.6 Å². The van der Waals surface area contributed by atoms with Crippen molar-refractivity contribution in [1.29, 1.82) is 0 Å². The third-order valence-electron chi connectivity index (χ3n) is 4.17. The van der Waals surface area contributed by atoms with E-state index in [0.717, 1.165) is 5.56 Å². The Bertz CT molecular complexity index is 907. The van der Waals surface area contributed by atoms with Crippen molar-refractivity contribution in [2.24, 2.45) is 0 Å². The van der Waals surface area contributed by atoms with Crippen LogP contribution in [0.25, 0.3) is 0 Å². The molecule has 26 heavy (non-hydrogen) atoms. The van der Waals surface area contributed by atoms with E-state index in [1.54, 1.807) is 31.2 Å². The van der Waals surface area contributed by atoms with Gasteiger partial charge in [-0.15, -0.1) is 0 Å². The molecule has 0 fully saturated rings. The summed E-state index contributed by atoms with van der Waals surface area (Å²) < 4.78 is 0. The Morgan fingerprint density at radius 1 is 1.15 bits per heavy atom. The number of amides is 3. The van der Waals surface area contributed by atoms with Crippen LogP contribution in [0, 0.1) is 6.92 Å². The maximum Gasteiger partial charge on any atom is 0.319 e. The molecular weight excluding hydrogens is 354 g/mol. The number of benzene rings is 2. The van der Waals surface area contributed by atoms with Crippen molar-refractivity contribution in [1.82, 2.24) is 10.6 Å². The summed E-state index contributed by atoms with van der Waals surface area (Å²) in [4.78, 5) is 24.8. The molecule has 1 heterocycles. The van der Waals surface area contributed by atoms with Crippen molar-refractivity contribution < 1.29 is 14.7 Å². The van der Waals surface area contributed by atoms with Crippen molar-refractivity contribution in [2.75, 3.05) is 5.32 Å². The zero-order chi connectivity index (χ0) is 18.8. The third-order valence-corrected chi connectivity index (χ3v) is 4.58. The molecule has 0 radical (unpaired) electrons. The van der Waals surface area contributed by atoms with Gasteiger partial charge in [-0.25, -0.2) is 4.79 Å². The number of nitrogens with one attached hydrogen (secondary N) is 3. The molecule has 0 saturated carbocycles. The van der Waals surface area contributed by atoms with Crippen LogP contribution in [0.3, 0.4) is 0 Å². The molecule has 7 heteroatoms. The second-order valence-corrected chi connectivity index (χ2v) is 6.49. The van der Waals surface area contributed by atoms with E-state index in [1.807, 2.05) is 13.0 Å². The van der Waals surface area contributed by atoms with Crippen LogP contribution in [-0.2, 0) is 4.79 Å². The monoisotopic (exact) mass is 371 g/mol. The SMILES string of the molecule is CC1=C(C(=O)Nc2ccc(C)c(Cl)c2)[C@H](c2ccc(O)cc2)NC(=O)N1. The molecule has 0 unspecified atom stereocenters. The molecule has 1 atom stereocenters. The number of aryl methyl sites for hydroxylation is 1. The molecule has 1 aliphatic heterocycles. The minimum atomic E-state index is -0.634. The van der Waals surface area contributed by atoms with Gasteiger partial charge in [0.15, 0.2) is 0 Å². The highest BCUT2D eigenvalue weighted by Gasteiger charge is 2.31.